The summed E-state index contributed by atoms with van der Waals surface area (Å²) in [5.74, 6) is 0.705. The summed E-state index contributed by atoms with van der Waals surface area (Å²) in [6, 6.07) is 3.88. The average molecular weight is 241 g/mol. The Morgan fingerprint density at radius 1 is 1.53 bits per heavy atom. The van der Waals surface area contributed by atoms with Crippen molar-refractivity contribution < 1.29 is 4.42 Å². The predicted octanol–water partition coefficient (Wildman–Crippen LogP) is 0.992. The number of hydrogen-bond donors (Lipinski definition) is 2. The summed E-state index contributed by atoms with van der Waals surface area (Å²) in [6.07, 6.45) is 1.56. The van der Waals surface area contributed by atoms with Crippen LogP contribution in [0.2, 0.25) is 19.6 Å². The quantitative estimate of drug-likeness (QED) is 0.358. The van der Waals surface area contributed by atoms with Gasteiger partial charge in [0.05, 0.1) is 11.6 Å². The normalized spacial score (nSPS) is 11.9. The molecule has 0 atom stereocenters. The fourth-order valence-electron chi connectivity index (χ4n) is 0.985. The van der Waals surface area contributed by atoms with E-state index in [9.17, 15) is 0 Å². The van der Waals surface area contributed by atoms with Gasteiger partial charge in [0.1, 0.15) is 13.8 Å². The van der Waals surface area contributed by atoms with Crippen LogP contribution >= 0.6 is 12.2 Å². The molecule has 0 unspecified atom stereocenters. The Labute approximate surface area is 95.5 Å². The maximum Gasteiger partial charge on any atom is 0.184 e. The minimum atomic E-state index is -1.37. The van der Waals surface area contributed by atoms with E-state index in [1.54, 1.807) is 6.21 Å². The van der Waals surface area contributed by atoms with Crippen LogP contribution in [0, 0.1) is 0 Å². The van der Waals surface area contributed by atoms with E-state index >= 15 is 0 Å². The summed E-state index contributed by atoms with van der Waals surface area (Å²) < 4.78 is 5.62. The Morgan fingerprint density at radius 2 is 2.20 bits per heavy atom. The molecule has 0 spiro atoms. The zero-order valence-corrected chi connectivity index (χ0v) is 10.9. The molecule has 4 nitrogen and oxygen atoms in total. The largest absolute Gasteiger partial charge is 0.465 e. The molecule has 82 valence electrons. The summed E-state index contributed by atoms with van der Waals surface area (Å²) in [4.78, 5) is 0. The highest BCUT2D eigenvalue weighted by Gasteiger charge is 2.20. The number of furan rings is 1. The molecule has 0 aliphatic heterocycles. The molecule has 0 bridgehead atoms. The Hall–Kier alpha value is -1.14. The second-order valence-electron chi connectivity index (χ2n) is 4.19. The molecule has 15 heavy (non-hydrogen) atoms. The number of hydrazone groups is 1. The maximum atomic E-state index is 5.62. The summed E-state index contributed by atoms with van der Waals surface area (Å²) >= 11 is 4.60. The van der Waals surface area contributed by atoms with E-state index < -0.39 is 8.07 Å². The summed E-state index contributed by atoms with van der Waals surface area (Å²) in [5, 5.41) is 5.01. The minimum Gasteiger partial charge on any atom is -0.465 e. The number of nitrogens with one attached hydrogen (secondary N) is 1. The van der Waals surface area contributed by atoms with Gasteiger partial charge in [0.15, 0.2) is 5.11 Å². The van der Waals surface area contributed by atoms with Crippen molar-refractivity contribution in [3.8, 4) is 0 Å². The molecule has 3 N–H and O–H groups in total. The van der Waals surface area contributed by atoms with Crippen LogP contribution in [0.5, 0.6) is 0 Å². The second-order valence-corrected chi connectivity index (χ2v) is 9.62. The van der Waals surface area contributed by atoms with Crippen molar-refractivity contribution >= 4 is 37.0 Å². The van der Waals surface area contributed by atoms with E-state index in [-0.39, 0.29) is 5.11 Å². The molecule has 0 fully saturated rings. The van der Waals surface area contributed by atoms with Gasteiger partial charge >= 0.3 is 0 Å². The standard InChI is InChI=1S/C9H15N3OSSi/c1-15(2,3)8-5-4-7(13-8)6-11-12-9(10)14/h4-6H,1-3H3,(H3,10,12,14)/b11-6+. The van der Waals surface area contributed by atoms with Crippen molar-refractivity contribution in [3.05, 3.63) is 17.9 Å². The third-order valence-electron chi connectivity index (χ3n) is 1.73. The molecule has 1 rings (SSSR count). The average Bonchev–Trinajstić information content (AvgIpc) is 2.51. The fraction of sp³-hybridized carbons (Fsp3) is 0.333. The van der Waals surface area contributed by atoms with Crippen LogP contribution in [-0.2, 0) is 0 Å². The highest BCUT2D eigenvalue weighted by Crippen LogP contribution is 2.04. The lowest BCUT2D eigenvalue weighted by molar-refractivity contribution is 0.589. The van der Waals surface area contributed by atoms with Crippen LogP contribution < -0.4 is 16.5 Å². The van der Waals surface area contributed by atoms with E-state index in [0.717, 1.165) is 5.38 Å². The topological polar surface area (TPSA) is 63.5 Å². The van der Waals surface area contributed by atoms with Crippen LogP contribution in [-0.4, -0.2) is 19.4 Å². The number of nitrogens with zero attached hydrogens (tertiary/aromatic N) is 1. The van der Waals surface area contributed by atoms with Gasteiger partial charge < -0.3 is 10.2 Å². The van der Waals surface area contributed by atoms with Crippen molar-refractivity contribution in [1.29, 1.82) is 0 Å². The summed E-state index contributed by atoms with van der Waals surface area (Å²) in [7, 11) is -1.37. The van der Waals surface area contributed by atoms with Gasteiger partial charge in [0.2, 0.25) is 0 Å². The first-order valence-corrected chi connectivity index (χ1v) is 8.49. The SMILES string of the molecule is C[Si](C)(C)c1ccc(/C=N/NC(N)=S)o1. The monoisotopic (exact) mass is 241 g/mol. The van der Waals surface area contributed by atoms with Gasteiger partial charge in [0.25, 0.3) is 0 Å². The van der Waals surface area contributed by atoms with Gasteiger partial charge in [-0.25, -0.2) is 0 Å². The van der Waals surface area contributed by atoms with Crippen LogP contribution in [0.1, 0.15) is 5.76 Å². The van der Waals surface area contributed by atoms with Gasteiger partial charge in [-0.05, 0) is 24.4 Å². The number of hydrogen-bond acceptors (Lipinski definition) is 3. The van der Waals surface area contributed by atoms with E-state index in [0.29, 0.717) is 5.76 Å². The molecular weight excluding hydrogens is 226 g/mol. The van der Waals surface area contributed by atoms with Crippen molar-refractivity contribution in [1.82, 2.24) is 5.43 Å². The van der Waals surface area contributed by atoms with Crippen LogP contribution in [0.25, 0.3) is 0 Å². The van der Waals surface area contributed by atoms with Crippen molar-refractivity contribution in [2.75, 3.05) is 0 Å². The number of nitrogens with two attached hydrogens (primary N) is 1. The Kier molecular flexibility index (Phi) is 3.65. The van der Waals surface area contributed by atoms with Crippen molar-refractivity contribution in [3.63, 3.8) is 0 Å². The van der Waals surface area contributed by atoms with Crippen LogP contribution in [0.3, 0.4) is 0 Å². The smallest absolute Gasteiger partial charge is 0.184 e. The Morgan fingerprint density at radius 3 is 2.67 bits per heavy atom. The van der Waals surface area contributed by atoms with Crippen LogP contribution in [0.15, 0.2) is 21.7 Å². The molecule has 1 aromatic heterocycles. The zero-order chi connectivity index (χ0) is 11.5. The summed E-state index contributed by atoms with van der Waals surface area (Å²) in [6.45, 7) is 6.67. The summed E-state index contributed by atoms with van der Waals surface area (Å²) in [5.41, 5.74) is 7.69. The Bertz CT molecular complexity index is 381. The molecule has 0 aliphatic rings. The highest BCUT2D eigenvalue weighted by atomic mass is 32.1. The molecule has 0 amide bonds. The van der Waals surface area contributed by atoms with E-state index in [4.69, 9.17) is 10.2 Å². The molecule has 0 aliphatic carbocycles. The first-order valence-electron chi connectivity index (χ1n) is 4.58. The third kappa shape index (κ3) is 3.84. The molecule has 0 aromatic carbocycles. The second kappa shape index (κ2) is 4.58. The Balaban J connectivity index is 2.69. The molecule has 0 radical (unpaired) electrons. The molecule has 0 saturated carbocycles. The minimum absolute atomic E-state index is 0.142. The zero-order valence-electron chi connectivity index (χ0n) is 9.07. The van der Waals surface area contributed by atoms with Crippen molar-refractivity contribution in [2.24, 2.45) is 10.8 Å². The van der Waals surface area contributed by atoms with E-state index in [2.05, 4.69) is 42.4 Å². The third-order valence-corrected chi connectivity index (χ3v) is 3.57. The molecule has 6 heteroatoms. The van der Waals surface area contributed by atoms with Gasteiger partial charge in [0, 0.05) is 0 Å². The number of rotatable bonds is 3. The van der Waals surface area contributed by atoms with Gasteiger partial charge in [-0.3, -0.25) is 5.43 Å². The number of thiocarbonyl (C=S) groups is 1. The lowest BCUT2D eigenvalue weighted by atomic mass is 10.5. The van der Waals surface area contributed by atoms with E-state index in [1.165, 1.54) is 0 Å². The van der Waals surface area contributed by atoms with Gasteiger partial charge in [-0.15, -0.1) is 0 Å². The first kappa shape index (κ1) is 11.9. The fourth-order valence-corrected chi connectivity index (χ4v) is 2.04. The van der Waals surface area contributed by atoms with Crippen molar-refractivity contribution in [2.45, 2.75) is 19.6 Å². The van der Waals surface area contributed by atoms with Gasteiger partial charge in [-0.2, -0.15) is 5.10 Å². The molecule has 1 heterocycles. The first-order chi connectivity index (χ1) is 6.89. The predicted molar refractivity (Wildman–Crippen MR) is 69.2 cm³/mol. The molecule has 0 saturated heterocycles. The maximum absolute atomic E-state index is 5.62. The van der Waals surface area contributed by atoms with E-state index in [1.807, 2.05) is 12.1 Å². The highest BCUT2D eigenvalue weighted by molar-refractivity contribution is 7.80. The lowest BCUT2D eigenvalue weighted by Crippen LogP contribution is -2.36. The van der Waals surface area contributed by atoms with Gasteiger partial charge in [-0.1, -0.05) is 19.6 Å². The molecular formula is C9H15N3OSSi. The van der Waals surface area contributed by atoms with Crippen LogP contribution in [0.4, 0.5) is 0 Å². The molecule has 1 aromatic rings. The lowest BCUT2D eigenvalue weighted by Gasteiger charge is -2.10.